The van der Waals surface area contributed by atoms with E-state index in [-0.39, 0.29) is 17.8 Å². The third kappa shape index (κ3) is 6.51. The standard InChI is InChI=1S/C24H35N5O2S/c1-16(2)20-11-10-17(3)14-21(20)31-15-22-27-28-24(29(22)25)32-18(4)23(30)26-13-12-19-8-6-5-7-9-19/h8,10-11,14,16,18H,5-7,9,12-13,15,25H2,1-4H3,(H,26,30). The molecule has 1 aromatic carbocycles. The molecule has 0 saturated heterocycles. The monoisotopic (exact) mass is 457 g/mol. The molecule has 1 amide bonds. The van der Waals surface area contributed by atoms with Gasteiger partial charge >= 0.3 is 0 Å². The van der Waals surface area contributed by atoms with Crippen LogP contribution < -0.4 is 15.9 Å². The molecule has 0 spiro atoms. The Labute approximate surface area is 195 Å². The Balaban J connectivity index is 1.52. The lowest BCUT2D eigenvalue weighted by molar-refractivity contribution is -0.120. The molecule has 0 radical (unpaired) electrons. The van der Waals surface area contributed by atoms with Gasteiger partial charge in [0, 0.05) is 6.54 Å². The number of allylic oxidation sites excluding steroid dienone is 1. The van der Waals surface area contributed by atoms with Gasteiger partial charge in [0.1, 0.15) is 12.4 Å². The first-order valence-corrected chi connectivity index (χ1v) is 12.3. The summed E-state index contributed by atoms with van der Waals surface area (Å²) < 4.78 is 7.43. The lowest BCUT2D eigenvalue weighted by Crippen LogP contribution is -2.32. The molecule has 1 aromatic heterocycles. The SMILES string of the molecule is Cc1ccc(C(C)C)c(OCc2nnc(SC(C)C(=O)NCCC3=CCCCC3)n2N)c1. The molecule has 2 aromatic rings. The fourth-order valence-corrected chi connectivity index (χ4v) is 4.52. The number of hydrogen-bond donors (Lipinski definition) is 2. The molecule has 32 heavy (non-hydrogen) atoms. The Kier molecular flexibility index (Phi) is 8.61. The van der Waals surface area contributed by atoms with Crippen LogP contribution in [-0.4, -0.2) is 32.6 Å². The molecule has 0 fully saturated rings. The molecule has 8 heteroatoms. The molecule has 1 heterocycles. The molecular weight excluding hydrogens is 422 g/mol. The molecule has 3 rings (SSSR count). The third-order valence-electron chi connectivity index (χ3n) is 5.66. The lowest BCUT2D eigenvalue weighted by atomic mass is 9.97. The number of carbonyl (C=O) groups excluding carboxylic acids is 1. The highest BCUT2D eigenvalue weighted by atomic mass is 32.2. The van der Waals surface area contributed by atoms with E-state index in [4.69, 9.17) is 10.6 Å². The van der Waals surface area contributed by atoms with E-state index in [2.05, 4.69) is 47.6 Å². The molecule has 7 nitrogen and oxygen atoms in total. The molecule has 0 bridgehead atoms. The van der Waals surface area contributed by atoms with Crippen LogP contribution in [0.5, 0.6) is 5.75 Å². The van der Waals surface area contributed by atoms with Crippen LogP contribution in [0.25, 0.3) is 0 Å². The predicted octanol–water partition coefficient (Wildman–Crippen LogP) is 4.49. The van der Waals surface area contributed by atoms with Crippen molar-refractivity contribution in [1.82, 2.24) is 20.2 Å². The van der Waals surface area contributed by atoms with E-state index in [9.17, 15) is 4.79 Å². The molecule has 0 saturated carbocycles. The largest absolute Gasteiger partial charge is 0.485 e. The molecule has 1 aliphatic carbocycles. The smallest absolute Gasteiger partial charge is 0.233 e. The summed E-state index contributed by atoms with van der Waals surface area (Å²) in [5, 5.41) is 11.5. The number of nitrogens with zero attached hydrogens (tertiary/aromatic N) is 3. The number of aromatic nitrogens is 3. The fraction of sp³-hybridized carbons (Fsp3) is 0.542. The Hall–Kier alpha value is -2.48. The number of nitrogens with one attached hydrogen (secondary N) is 1. The van der Waals surface area contributed by atoms with Crippen molar-refractivity contribution in [3.63, 3.8) is 0 Å². The average Bonchev–Trinajstić information content (AvgIpc) is 3.11. The number of aryl methyl sites for hydroxylation is 1. The minimum absolute atomic E-state index is 0.0199. The maximum absolute atomic E-state index is 12.5. The van der Waals surface area contributed by atoms with E-state index in [0.717, 1.165) is 36.1 Å². The quantitative estimate of drug-likeness (QED) is 0.310. The van der Waals surface area contributed by atoms with Crippen LogP contribution in [0.1, 0.15) is 75.7 Å². The number of amides is 1. The Bertz CT molecular complexity index is 954. The Morgan fingerprint density at radius 1 is 1.28 bits per heavy atom. The number of carbonyl (C=O) groups is 1. The van der Waals surface area contributed by atoms with E-state index in [0.29, 0.717) is 23.4 Å². The molecule has 1 aliphatic rings. The zero-order valence-electron chi connectivity index (χ0n) is 19.6. The second-order valence-electron chi connectivity index (χ2n) is 8.66. The maximum atomic E-state index is 12.5. The summed E-state index contributed by atoms with van der Waals surface area (Å²) in [6.07, 6.45) is 8.09. The van der Waals surface area contributed by atoms with Crippen molar-refractivity contribution in [1.29, 1.82) is 0 Å². The highest BCUT2D eigenvalue weighted by molar-refractivity contribution is 8.00. The van der Waals surface area contributed by atoms with Crippen LogP contribution in [0.2, 0.25) is 0 Å². The van der Waals surface area contributed by atoms with Crippen molar-refractivity contribution in [3.8, 4) is 5.75 Å². The average molecular weight is 458 g/mol. The summed E-state index contributed by atoms with van der Waals surface area (Å²) >= 11 is 1.30. The highest BCUT2D eigenvalue weighted by Crippen LogP contribution is 2.28. The number of ether oxygens (including phenoxy) is 1. The first kappa shape index (κ1) is 24.2. The van der Waals surface area contributed by atoms with Gasteiger partial charge in [-0.15, -0.1) is 10.2 Å². The summed E-state index contributed by atoms with van der Waals surface area (Å²) in [5.41, 5.74) is 3.73. The second kappa shape index (κ2) is 11.4. The summed E-state index contributed by atoms with van der Waals surface area (Å²) in [5.74, 6) is 7.87. The normalized spacial score (nSPS) is 14.8. The fourth-order valence-electron chi connectivity index (χ4n) is 3.71. The number of hydrogen-bond acceptors (Lipinski definition) is 6. The minimum Gasteiger partial charge on any atom is -0.485 e. The number of benzene rings is 1. The highest BCUT2D eigenvalue weighted by Gasteiger charge is 2.20. The van der Waals surface area contributed by atoms with Gasteiger partial charge in [0.15, 0.2) is 5.82 Å². The molecule has 0 aliphatic heterocycles. The van der Waals surface area contributed by atoms with Crippen LogP contribution in [0.15, 0.2) is 35.0 Å². The summed E-state index contributed by atoms with van der Waals surface area (Å²) in [7, 11) is 0. The van der Waals surface area contributed by atoms with Gasteiger partial charge in [-0.1, -0.05) is 49.4 Å². The van der Waals surface area contributed by atoms with Gasteiger partial charge in [0.05, 0.1) is 5.25 Å². The first-order valence-electron chi connectivity index (χ1n) is 11.4. The van der Waals surface area contributed by atoms with Crippen molar-refractivity contribution >= 4 is 17.7 Å². The molecular formula is C24H35N5O2S. The molecule has 3 N–H and O–H groups in total. The molecule has 174 valence electrons. The van der Waals surface area contributed by atoms with Gasteiger partial charge in [-0.3, -0.25) is 4.79 Å². The van der Waals surface area contributed by atoms with Crippen molar-refractivity contribution < 1.29 is 9.53 Å². The van der Waals surface area contributed by atoms with E-state index < -0.39 is 0 Å². The van der Waals surface area contributed by atoms with Gasteiger partial charge in [-0.05, 0) is 69.1 Å². The maximum Gasteiger partial charge on any atom is 0.233 e. The van der Waals surface area contributed by atoms with E-state index in [1.54, 1.807) is 0 Å². The van der Waals surface area contributed by atoms with Crippen molar-refractivity contribution in [2.75, 3.05) is 12.4 Å². The van der Waals surface area contributed by atoms with Gasteiger partial charge in [-0.2, -0.15) is 0 Å². The lowest BCUT2D eigenvalue weighted by Gasteiger charge is -2.15. The van der Waals surface area contributed by atoms with Crippen molar-refractivity contribution in [3.05, 3.63) is 46.8 Å². The number of thioether (sulfide) groups is 1. The molecule has 1 unspecified atom stereocenters. The van der Waals surface area contributed by atoms with E-state index >= 15 is 0 Å². The number of nitrogens with two attached hydrogens (primary N) is 1. The van der Waals surface area contributed by atoms with Crippen LogP contribution in [0, 0.1) is 6.92 Å². The first-order chi connectivity index (χ1) is 15.3. The summed E-state index contributed by atoms with van der Waals surface area (Å²) in [6, 6.07) is 6.20. The van der Waals surface area contributed by atoms with Gasteiger partial charge in [0.2, 0.25) is 11.1 Å². The van der Waals surface area contributed by atoms with Gasteiger partial charge in [-0.25, -0.2) is 4.68 Å². The summed E-state index contributed by atoms with van der Waals surface area (Å²) in [4.78, 5) is 12.5. The third-order valence-corrected chi connectivity index (χ3v) is 6.72. The summed E-state index contributed by atoms with van der Waals surface area (Å²) in [6.45, 7) is 9.04. The van der Waals surface area contributed by atoms with Crippen molar-refractivity contribution in [2.45, 2.75) is 82.7 Å². The van der Waals surface area contributed by atoms with Crippen LogP contribution in [0.4, 0.5) is 0 Å². The molecule has 1 atom stereocenters. The zero-order chi connectivity index (χ0) is 23.1. The van der Waals surface area contributed by atoms with Gasteiger partial charge < -0.3 is 15.9 Å². The van der Waals surface area contributed by atoms with Crippen LogP contribution in [-0.2, 0) is 11.4 Å². The van der Waals surface area contributed by atoms with E-state index in [1.165, 1.54) is 34.9 Å². The number of rotatable bonds is 10. The van der Waals surface area contributed by atoms with E-state index in [1.807, 2.05) is 19.9 Å². The van der Waals surface area contributed by atoms with Gasteiger partial charge in [0.25, 0.3) is 0 Å². The topological polar surface area (TPSA) is 95.1 Å². The predicted molar refractivity (Wildman–Crippen MR) is 129 cm³/mol. The van der Waals surface area contributed by atoms with Crippen LogP contribution >= 0.6 is 11.8 Å². The zero-order valence-corrected chi connectivity index (χ0v) is 20.4. The second-order valence-corrected chi connectivity index (χ2v) is 9.97. The van der Waals surface area contributed by atoms with Crippen molar-refractivity contribution in [2.24, 2.45) is 0 Å². The number of nitrogen functional groups attached to an aromatic ring is 1. The Morgan fingerprint density at radius 2 is 2.09 bits per heavy atom. The Morgan fingerprint density at radius 3 is 2.81 bits per heavy atom. The van der Waals surface area contributed by atoms with Crippen LogP contribution in [0.3, 0.4) is 0 Å². The minimum atomic E-state index is -0.320.